The number of hydrogen-bond acceptors (Lipinski definition) is 5. The minimum atomic E-state index is -2.97. The van der Waals surface area contributed by atoms with E-state index in [4.69, 9.17) is 0 Å². The summed E-state index contributed by atoms with van der Waals surface area (Å²) in [6, 6.07) is 8.95. The molecule has 3 heterocycles. The Balaban J connectivity index is 1.49. The minimum absolute atomic E-state index is 0.00166. The SMILES string of the molecule is O=C(Cn1cc(-c2ccc(F)cc2)cn1)N(Cc1ccnc(OC(F)F)c1)C1C=CSC1. The Hall–Kier alpha value is -3.27. The Morgan fingerprint density at radius 3 is 2.78 bits per heavy atom. The molecule has 3 aromatic rings. The van der Waals surface area contributed by atoms with E-state index in [1.807, 2.05) is 11.5 Å². The summed E-state index contributed by atoms with van der Waals surface area (Å²) in [5, 5.41) is 6.19. The second-order valence-corrected chi connectivity index (χ2v) is 8.00. The van der Waals surface area contributed by atoms with Gasteiger partial charge in [-0.3, -0.25) is 9.48 Å². The Labute approximate surface area is 186 Å². The molecule has 0 aliphatic carbocycles. The Bertz CT molecular complexity index is 1100. The predicted molar refractivity (Wildman–Crippen MR) is 114 cm³/mol. The highest BCUT2D eigenvalue weighted by Crippen LogP contribution is 2.24. The third-order valence-electron chi connectivity index (χ3n) is 4.85. The van der Waals surface area contributed by atoms with Crippen molar-refractivity contribution in [3.8, 4) is 17.0 Å². The number of benzene rings is 1. The van der Waals surface area contributed by atoms with Gasteiger partial charge in [-0.05, 0) is 34.7 Å². The smallest absolute Gasteiger partial charge is 0.388 e. The first kappa shape index (κ1) is 21.9. The van der Waals surface area contributed by atoms with Gasteiger partial charge in [0.05, 0.1) is 12.2 Å². The van der Waals surface area contributed by atoms with Crippen LogP contribution < -0.4 is 4.74 Å². The summed E-state index contributed by atoms with van der Waals surface area (Å²) in [6.07, 6.45) is 6.65. The summed E-state index contributed by atoms with van der Waals surface area (Å²) in [7, 11) is 0. The van der Waals surface area contributed by atoms with Crippen molar-refractivity contribution in [1.82, 2.24) is 19.7 Å². The minimum Gasteiger partial charge on any atom is -0.417 e. The van der Waals surface area contributed by atoms with E-state index in [0.29, 0.717) is 11.3 Å². The van der Waals surface area contributed by atoms with Gasteiger partial charge in [0.2, 0.25) is 11.8 Å². The van der Waals surface area contributed by atoms with Gasteiger partial charge in [0, 0.05) is 36.3 Å². The molecule has 0 bridgehead atoms. The zero-order valence-corrected chi connectivity index (χ0v) is 17.6. The lowest BCUT2D eigenvalue weighted by Crippen LogP contribution is -2.41. The molecule has 1 unspecified atom stereocenters. The van der Waals surface area contributed by atoms with Crippen molar-refractivity contribution >= 4 is 17.7 Å². The number of hydrogen-bond donors (Lipinski definition) is 0. The summed E-state index contributed by atoms with van der Waals surface area (Å²) >= 11 is 1.60. The van der Waals surface area contributed by atoms with E-state index in [0.717, 1.165) is 11.1 Å². The highest BCUT2D eigenvalue weighted by Gasteiger charge is 2.25. The van der Waals surface area contributed by atoms with E-state index in [9.17, 15) is 18.0 Å². The molecule has 0 fully saturated rings. The maximum Gasteiger partial charge on any atom is 0.388 e. The standard InChI is InChI=1S/C22H19F3N4O2S/c23-18-3-1-16(2-4-18)17-10-27-28(12-17)13-21(30)29(19-6-8-32-14-19)11-15-5-7-26-20(9-15)31-22(24)25/h1-10,12,19,22H,11,13-14H2. The van der Waals surface area contributed by atoms with Gasteiger partial charge >= 0.3 is 6.61 Å². The largest absolute Gasteiger partial charge is 0.417 e. The summed E-state index contributed by atoms with van der Waals surface area (Å²) in [4.78, 5) is 18.6. The predicted octanol–water partition coefficient (Wildman–Crippen LogP) is 4.34. The summed E-state index contributed by atoms with van der Waals surface area (Å²) < 4.78 is 44.1. The molecule has 0 saturated carbocycles. The molecule has 10 heteroatoms. The van der Waals surface area contributed by atoms with E-state index in [1.165, 1.54) is 29.1 Å². The van der Waals surface area contributed by atoms with E-state index in [2.05, 4.69) is 14.8 Å². The number of ether oxygens (including phenoxy) is 1. The fourth-order valence-electron chi connectivity index (χ4n) is 3.31. The first-order valence-electron chi connectivity index (χ1n) is 9.74. The van der Waals surface area contributed by atoms with Crippen molar-refractivity contribution < 1.29 is 22.7 Å². The van der Waals surface area contributed by atoms with Crippen LogP contribution in [0, 0.1) is 5.82 Å². The van der Waals surface area contributed by atoms with Crippen molar-refractivity contribution in [3.63, 3.8) is 0 Å². The van der Waals surface area contributed by atoms with E-state index in [-0.39, 0.29) is 36.7 Å². The third kappa shape index (κ3) is 5.50. The normalized spacial score (nSPS) is 15.3. The van der Waals surface area contributed by atoms with Crippen LogP contribution in [0.3, 0.4) is 0 Å². The average molecular weight is 460 g/mol. The lowest BCUT2D eigenvalue weighted by atomic mass is 10.1. The molecular formula is C22H19F3N4O2S. The van der Waals surface area contributed by atoms with E-state index < -0.39 is 6.61 Å². The van der Waals surface area contributed by atoms with Gasteiger partial charge in [0.1, 0.15) is 12.4 Å². The number of amides is 1. The van der Waals surface area contributed by atoms with E-state index >= 15 is 0 Å². The molecule has 4 rings (SSSR count). The number of aromatic nitrogens is 3. The van der Waals surface area contributed by atoms with Crippen LogP contribution in [0.15, 0.2) is 66.5 Å². The van der Waals surface area contributed by atoms with Gasteiger partial charge in [-0.25, -0.2) is 9.37 Å². The molecule has 0 spiro atoms. The molecule has 1 atom stereocenters. The second-order valence-electron chi connectivity index (χ2n) is 7.07. The molecule has 2 aromatic heterocycles. The second kappa shape index (κ2) is 9.90. The molecule has 1 aliphatic heterocycles. The summed E-state index contributed by atoms with van der Waals surface area (Å²) in [5.74, 6) is 0.00548. The number of alkyl halides is 2. The van der Waals surface area contributed by atoms with E-state index in [1.54, 1.807) is 47.3 Å². The number of halogens is 3. The van der Waals surface area contributed by atoms with Gasteiger partial charge in [-0.2, -0.15) is 13.9 Å². The highest BCUT2D eigenvalue weighted by molar-refractivity contribution is 8.02. The fraction of sp³-hybridized carbons (Fsp3) is 0.227. The maximum absolute atomic E-state index is 13.2. The first-order valence-corrected chi connectivity index (χ1v) is 10.8. The molecule has 32 heavy (non-hydrogen) atoms. The van der Waals surface area contributed by atoms with Gasteiger partial charge < -0.3 is 9.64 Å². The number of carbonyl (C=O) groups is 1. The lowest BCUT2D eigenvalue weighted by Gasteiger charge is -2.28. The van der Waals surface area contributed by atoms with Crippen LogP contribution in [-0.4, -0.2) is 44.0 Å². The van der Waals surface area contributed by atoms with Crippen LogP contribution in [0.2, 0.25) is 0 Å². The van der Waals surface area contributed by atoms with Gasteiger partial charge in [0.25, 0.3) is 0 Å². The number of carbonyl (C=O) groups excluding carboxylic acids is 1. The topological polar surface area (TPSA) is 60.2 Å². The van der Waals surface area contributed by atoms with Crippen molar-refractivity contribution in [1.29, 1.82) is 0 Å². The molecule has 166 valence electrons. The molecule has 1 aromatic carbocycles. The number of thioether (sulfide) groups is 1. The van der Waals surface area contributed by atoms with Crippen LogP contribution in [0.1, 0.15) is 5.56 Å². The van der Waals surface area contributed by atoms with Gasteiger partial charge in [-0.1, -0.05) is 18.2 Å². The first-order chi connectivity index (χ1) is 15.5. The van der Waals surface area contributed by atoms with Crippen molar-refractivity contribution in [2.24, 2.45) is 0 Å². The van der Waals surface area contributed by atoms with Crippen molar-refractivity contribution in [2.45, 2.75) is 25.7 Å². The zero-order valence-electron chi connectivity index (χ0n) is 16.8. The van der Waals surface area contributed by atoms with Crippen LogP contribution in [-0.2, 0) is 17.9 Å². The molecular weight excluding hydrogens is 441 g/mol. The molecule has 6 nitrogen and oxygen atoms in total. The van der Waals surface area contributed by atoms with Crippen LogP contribution >= 0.6 is 11.8 Å². The van der Waals surface area contributed by atoms with Gasteiger partial charge in [0.15, 0.2) is 0 Å². The van der Waals surface area contributed by atoms with Crippen LogP contribution in [0.5, 0.6) is 5.88 Å². The number of nitrogens with zero attached hydrogens (tertiary/aromatic N) is 4. The number of rotatable bonds is 8. The van der Waals surface area contributed by atoms with Crippen LogP contribution in [0.4, 0.5) is 13.2 Å². The molecule has 0 N–H and O–H groups in total. The Morgan fingerprint density at radius 2 is 2.06 bits per heavy atom. The molecule has 1 amide bonds. The summed E-state index contributed by atoms with van der Waals surface area (Å²) in [6.45, 7) is -2.76. The third-order valence-corrected chi connectivity index (χ3v) is 5.74. The lowest BCUT2D eigenvalue weighted by molar-refractivity contribution is -0.133. The summed E-state index contributed by atoms with van der Waals surface area (Å²) in [5.41, 5.74) is 2.19. The van der Waals surface area contributed by atoms with Crippen molar-refractivity contribution in [3.05, 3.63) is 77.9 Å². The monoisotopic (exact) mass is 460 g/mol. The average Bonchev–Trinajstić information content (AvgIpc) is 3.45. The molecule has 0 radical (unpaired) electrons. The fourth-order valence-corrected chi connectivity index (χ4v) is 4.20. The Kier molecular flexibility index (Phi) is 6.79. The molecule has 1 aliphatic rings. The quantitative estimate of drug-likeness (QED) is 0.501. The van der Waals surface area contributed by atoms with Crippen LogP contribution in [0.25, 0.3) is 11.1 Å². The maximum atomic E-state index is 13.2. The number of pyridine rings is 1. The zero-order chi connectivity index (χ0) is 22.5. The van der Waals surface area contributed by atoms with Gasteiger partial charge in [-0.15, -0.1) is 11.8 Å². The van der Waals surface area contributed by atoms with Crippen molar-refractivity contribution in [2.75, 3.05) is 5.75 Å². The highest BCUT2D eigenvalue weighted by atomic mass is 32.2. The molecule has 0 saturated heterocycles. The Morgan fingerprint density at radius 1 is 1.25 bits per heavy atom.